The number of hydrogen-bond acceptors (Lipinski definition) is 6. The predicted molar refractivity (Wildman–Crippen MR) is 73.4 cm³/mol. The molecule has 0 radical (unpaired) electrons. The Morgan fingerprint density at radius 1 is 1.21 bits per heavy atom. The van der Waals surface area contributed by atoms with Crippen LogP contribution in [0.15, 0.2) is 35.7 Å². The Labute approximate surface area is 115 Å². The van der Waals surface area contributed by atoms with Crippen molar-refractivity contribution in [2.45, 2.75) is 10.8 Å². The van der Waals surface area contributed by atoms with Crippen molar-refractivity contribution in [2.24, 2.45) is 0 Å². The first-order chi connectivity index (χ1) is 9.33. The molecule has 5 nitrogen and oxygen atoms in total. The van der Waals surface area contributed by atoms with E-state index in [1.54, 1.807) is 18.0 Å². The molecular weight excluding hydrogens is 262 g/mol. The Balaban J connectivity index is 1.77. The van der Waals surface area contributed by atoms with Gasteiger partial charge in [0.1, 0.15) is 19.5 Å². The Morgan fingerprint density at radius 2 is 2.00 bits per heavy atom. The molecule has 2 aromatic rings. The first kappa shape index (κ1) is 12.1. The first-order valence-corrected chi connectivity index (χ1v) is 6.88. The molecule has 0 aliphatic carbocycles. The highest BCUT2D eigenvalue weighted by atomic mass is 32.2. The second-order valence-electron chi connectivity index (χ2n) is 4.03. The van der Waals surface area contributed by atoms with Gasteiger partial charge in [0.05, 0.1) is 5.03 Å². The topological polar surface area (TPSA) is 70.3 Å². The van der Waals surface area contributed by atoms with Crippen molar-refractivity contribution in [2.75, 3.05) is 18.9 Å². The van der Waals surface area contributed by atoms with Crippen molar-refractivity contribution < 1.29 is 9.47 Å². The monoisotopic (exact) mass is 275 g/mol. The number of nitrogen functional groups attached to an aromatic ring is 1. The average molecular weight is 275 g/mol. The van der Waals surface area contributed by atoms with E-state index in [-0.39, 0.29) is 0 Å². The minimum Gasteiger partial charge on any atom is -0.486 e. The molecule has 1 aromatic carbocycles. The lowest BCUT2D eigenvalue weighted by molar-refractivity contribution is 0.171. The van der Waals surface area contributed by atoms with Crippen molar-refractivity contribution in [3.63, 3.8) is 0 Å². The number of nitrogens with two attached hydrogens (primary N) is 1. The van der Waals surface area contributed by atoms with E-state index in [2.05, 4.69) is 9.97 Å². The van der Waals surface area contributed by atoms with Gasteiger partial charge in [-0.3, -0.25) is 0 Å². The third kappa shape index (κ3) is 2.73. The van der Waals surface area contributed by atoms with Gasteiger partial charge in [0.25, 0.3) is 0 Å². The summed E-state index contributed by atoms with van der Waals surface area (Å²) in [5.41, 5.74) is 7.76. The number of aromatic nitrogens is 2. The maximum Gasteiger partial charge on any atom is 0.163 e. The summed E-state index contributed by atoms with van der Waals surface area (Å²) in [6, 6.07) is 5.64. The third-order valence-corrected chi connectivity index (χ3v) is 3.73. The van der Waals surface area contributed by atoms with E-state index >= 15 is 0 Å². The molecule has 0 atom stereocenters. The maximum atomic E-state index is 6.03. The molecule has 2 N–H and O–H groups in total. The van der Waals surface area contributed by atoms with Crippen molar-refractivity contribution in [1.82, 2.24) is 9.97 Å². The highest BCUT2D eigenvalue weighted by molar-refractivity contribution is 7.98. The van der Waals surface area contributed by atoms with Crippen molar-refractivity contribution in [3.8, 4) is 11.5 Å². The quantitative estimate of drug-likeness (QED) is 0.525. The van der Waals surface area contributed by atoms with Crippen LogP contribution in [0, 0.1) is 0 Å². The molecule has 0 spiro atoms. The van der Waals surface area contributed by atoms with Gasteiger partial charge >= 0.3 is 0 Å². The van der Waals surface area contributed by atoms with Crippen LogP contribution >= 0.6 is 11.8 Å². The van der Waals surface area contributed by atoms with Gasteiger partial charge in [-0.1, -0.05) is 0 Å². The van der Waals surface area contributed by atoms with Crippen LogP contribution in [0.2, 0.25) is 0 Å². The zero-order chi connectivity index (χ0) is 13.1. The molecule has 1 aliphatic heterocycles. The average Bonchev–Trinajstić information content (AvgIpc) is 2.46. The fourth-order valence-electron chi connectivity index (χ4n) is 1.79. The van der Waals surface area contributed by atoms with Crippen LogP contribution in [0.3, 0.4) is 0 Å². The molecule has 3 rings (SSSR count). The Hall–Kier alpha value is -1.95. The lowest BCUT2D eigenvalue weighted by Gasteiger charge is -2.20. The van der Waals surface area contributed by atoms with Crippen molar-refractivity contribution in [1.29, 1.82) is 0 Å². The van der Waals surface area contributed by atoms with Gasteiger partial charge in [0.15, 0.2) is 11.5 Å². The summed E-state index contributed by atoms with van der Waals surface area (Å²) in [5, 5.41) is 0.921. The fraction of sp³-hybridized carbons (Fsp3) is 0.231. The van der Waals surface area contributed by atoms with Crippen LogP contribution in [0.5, 0.6) is 11.5 Å². The van der Waals surface area contributed by atoms with E-state index in [9.17, 15) is 0 Å². The Bertz CT molecular complexity index is 578. The van der Waals surface area contributed by atoms with Gasteiger partial charge in [-0.2, -0.15) is 0 Å². The second kappa shape index (κ2) is 5.36. The molecule has 0 bridgehead atoms. The van der Waals surface area contributed by atoms with Crippen LogP contribution in [-0.4, -0.2) is 23.2 Å². The first-order valence-electron chi connectivity index (χ1n) is 5.90. The lowest BCUT2D eigenvalue weighted by Crippen LogP contribution is -2.15. The van der Waals surface area contributed by atoms with Gasteiger partial charge in [-0.25, -0.2) is 9.97 Å². The normalized spacial score (nSPS) is 13.3. The summed E-state index contributed by atoms with van der Waals surface area (Å²) in [6.45, 7) is 1.15. The number of thioether (sulfide) groups is 1. The molecule has 2 heterocycles. The number of fused-ring (bicyclic) bond motifs is 1. The SMILES string of the molecule is Nc1cc2c(cc1CSc1ccncn1)OCCO2. The summed E-state index contributed by atoms with van der Waals surface area (Å²) >= 11 is 1.61. The molecular formula is C13H13N3O2S. The van der Waals surface area contributed by atoms with Crippen LogP contribution in [-0.2, 0) is 5.75 Å². The predicted octanol–water partition coefficient (Wildman–Crippen LogP) is 2.12. The molecule has 0 unspecified atom stereocenters. The summed E-state index contributed by atoms with van der Waals surface area (Å²) in [7, 11) is 0. The zero-order valence-corrected chi connectivity index (χ0v) is 11.0. The molecule has 0 saturated carbocycles. The zero-order valence-electron chi connectivity index (χ0n) is 10.2. The van der Waals surface area contributed by atoms with Gasteiger partial charge in [-0.05, 0) is 17.7 Å². The van der Waals surface area contributed by atoms with Gasteiger partial charge in [0.2, 0.25) is 0 Å². The minimum atomic E-state index is 0.571. The molecule has 0 fully saturated rings. The van der Waals surface area contributed by atoms with Gasteiger partial charge in [-0.15, -0.1) is 11.8 Å². The minimum absolute atomic E-state index is 0.571. The van der Waals surface area contributed by atoms with E-state index in [4.69, 9.17) is 15.2 Å². The summed E-state index contributed by atoms with van der Waals surface area (Å²) in [6.07, 6.45) is 3.26. The van der Waals surface area contributed by atoms with E-state index in [0.29, 0.717) is 18.9 Å². The largest absolute Gasteiger partial charge is 0.486 e. The summed E-state index contributed by atoms with van der Waals surface area (Å²) in [4.78, 5) is 8.06. The summed E-state index contributed by atoms with van der Waals surface area (Å²) in [5.74, 6) is 2.22. The number of ether oxygens (including phenoxy) is 2. The maximum absolute atomic E-state index is 6.03. The number of anilines is 1. The lowest BCUT2D eigenvalue weighted by atomic mass is 10.2. The number of rotatable bonds is 3. The summed E-state index contributed by atoms with van der Waals surface area (Å²) < 4.78 is 11.0. The van der Waals surface area contributed by atoms with E-state index in [1.165, 1.54) is 6.33 Å². The Kier molecular flexibility index (Phi) is 3.41. The van der Waals surface area contributed by atoms with Gasteiger partial charge < -0.3 is 15.2 Å². The van der Waals surface area contributed by atoms with Crippen LogP contribution in [0.25, 0.3) is 0 Å². The molecule has 0 amide bonds. The third-order valence-electron chi connectivity index (χ3n) is 2.73. The van der Waals surface area contributed by atoms with E-state index in [1.807, 2.05) is 18.2 Å². The fourth-order valence-corrected chi connectivity index (χ4v) is 2.62. The molecule has 6 heteroatoms. The smallest absolute Gasteiger partial charge is 0.163 e. The number of nitrogens with zero attached hydrogens (tertiary/aromatic N) is 2. The number of hydrogen-bond donors (Lipinski definition) is 1. The number of benzene rings is 1. The van der Waals surface area contributed by atoms with Crippen molar-refractivity contribution >= 4 is 17.4 Å². The molecule has 1 aromatic heterocycles. The van der Waals surface area contributed by atoms with E-state index < -0.39 is 0 Å². The highest BCUT2D eigenvalue weighted by Crippen LogP contribution is 2.36. The molecule has 19 heavy (non-hydrogen) atoms. The van der Waals surface area contributed by atoms with Gasteiger partial charge in [0, 0.05) is 23.7 Å². The van der Waals surface area contributed by atoms with Crippen LogP contribution < -0.4 is 15.2 Å². The van der Waals surface area contributed by atoms with Crippen molar-refractivity contribution in [3.05, 3.63) is 36.3 Å². The van der Waals surface area contributed by atoms with Crippen LogP contribution in [0.1, 0.15) is 5.56 Å². The van der Waals surface area contributed by atoms with E-state index in [0.717, 1.165) is 27.8 Å². The molecule has 0 saturated heterocycles. The Morgan fingerprint density at radius 3 is 2.74 bits per heavy atom. The molecule has 1 aliphatic rings. The van der Waals surface area contributed by atoms with Crippen LogP contribution in [0.4, 0.5) is 5.69 Å². The molecule has 98 valence electrons. The standard InChI is InChI=1S/C13H13N3O2S/c14-10-6-12-11(17-3-4-18-12)5-9(10)7-19-13-1-2-15-8-16-13/h1-2,5-6,8H,3-4,7,14H2. The highest BCUT2D eigenvalue weighted by Gasteiger charge is 2.14. The second-order valence-corrected chi connectivity index (χ2v) is 5.03.